The lowest BCUT2D eigenvalue weighted by molar-refractivity contribution is -0.144. The molecular formula is C60H75N15O18. The zero-order valence-corrected chi connectivity index (χ0v) is 50.3. The molecule has 11 amide bonds. The molecule has 1 fully saturated rings. The molecular weight excluding hydrogens is 1220 g/mol. The number of carboxylic acids is 2. The Morgan fingerprint density at radius 3 is 1.77 bits per heavy atom. The number of para-hydroxylation sites is 1. The zero-order valence-electron chi connectivity index (χ0n) is 50.3. The number of nitrogens with two attached hydrogens (primary N) is 2. The lowest BCUT2D eigenvalue weighted by atomic mass is 10.0. The van der Waals surface area contributed by atoms with Crippen LogP contribution in [0.4, 0.5) is 0 Å². The van der Waals surface area contributed by atoms with Gasteiger partial charge in [-0.25, -0.2) is 9.78 Å². The van der Waals surface area contributed by atoms with E-state index in [0.29, 0.717) is 34.0 Å². The van der Waals surface area contributed by atoms with Crippen LogP contribution < -0.4 is 59.3 Å². The Bertz CT molecular complexity index is 3480. The predicted octanol–water partition coefficient (Wildman–Crippen LogP) is -4.99. The maximum absolute atomic E-state index is 14.7. The van der Waals surface area contributed by atoms with Gasteiger partial charge in [0, 0.05) is 67.6 Å². The molecule has 1 aliphatic rings. The van der Waals surface area contributed by atoms with Gasteiger partial charge in [0.05, 0.1) is 38.5 Å². The van der Waals surface area contributed by atoms with Gasteiger partial charge in [0.1, 0.15) is 54.1 Å². The highest BCUT2D eigenvalue weighted by molar-refractivity contribution is 6.00. The standard InChI is InChI=1S/C60H75N15O18/c1-31(77)51(60(92)93)74-49(81)28-65-52(84)40(17-18-47(62)79)68-48(80)27-66-53(85)43(22-34-25-64-39-11-6-5-10-37(34)39)70-56(88)44(23-35-26-63-30-67-35)71-57(89)45(24-50(82)83)72-54(86)41(20-32-8-3-2-4-9-32)69-55(87)42(21-33-13-15-36(78)16-14-33)73-58(90)46-12-7-19-75(46)59(91)38(61)29-76/h2-6,8-11,13-16,25-26,30-31,38,40-46,51,64,76-78H,7,12,17-24,27-29,61H2,1H3,(H2,62,79)(H,63,67)(H,65,84)(H,66,85)(H,68,80)(H,69,87)(H,70,88)(H,71,89)(H,72,86)(H,73,90)(H,74,81)(H,82,83)(H,92,93)/t31-,38+,40+,41+,42+,43+,44+,45+,46+,51+/m1/s1. The number of aliphatic carboxylic acids is 2. The number of aliphatic hydroxyl groups excluding tert-OH is 2. The van der Waals surface area contributed by atoms with Crippen molar-refractivity contribution in [3.8, 4) is 5.75 Å². The van der Waals surface area contributed by atoms with Crippen LogP contribution in [0.2, 0.25) is 0 Å². The number of aromatic nitrogens is 3. The molecule has 1 aliphatic heterocycles. The molecule has 33 nitrogen and oxygen atoms in total. The number of aliphatic hydroxyl groups is 2. The number of carbonyl (C=O) groups is 13. The molecule has 0 bridgehead atoms. The Kier molecular flexibility index (Phi) is 26.4. The number of amides is 11. The smallest absolute Gasteiger partial charge is 0.328 e. The summed E-state index contributed by atoms with van der Waals surface area (Å²) in [7, 11) is 0. The number of phenolic OH excluding ortho intramolecular Hbond substituents is 1. The Morgan fingerprint density at radius 2 is 1.19 bits per heavy atom. The average molecular weight is 1290 g/mol. The van der Waals surface area contributed by atoms with E-state index in [2.05, 4.69) is 57.5 Å². The van der Waals surface area contributed by atoms with Crippen molar-refractivity contribution < 1.29 is 87.9 Å². The van der Waals surface area contributed by atoms with Crippen LogP contribution >= 0.6 is 0 Å². The van der Waals surface area contributed by atoms with Crippen LogP contribution in [0.3, 0.4) is 0 Å². The van der Waals surface area contributed by atoms with Crippen molar-refractivity contribution in [2.45, 2.75) is 125 Å². The van der Waals surface area contributed by atoms with Crippen LogP contribution in [0.5, 0.6) is 5.75 Å². The molecule has 20 N–H and O–H groups in total. The van der Waals surface area contributed by atoms with E-state index in [-0.39, 0.29) is 43.7 Å². The van der Waals surface area contributed by atoms with Gasteiger partial charge < -0.3 is 99.7 Å². The fraction of sp³-hybridized carbons (Fsp3) is 0.400. The SMILES string of the molecule is C[C@@H](O)[C@H](NC(=O)CNC(=O)[C@H](CCC(N)=O)NC(=O)CNC(=O)[C@H](Cc1c[nH]c2ccccc12)NC(=O)[C@H](Cc1cnc[nH]1)NC(=O)[C@H](CC(=O)O)NC(=O)[C@H](Cc1ccccc1)NC(=O)[C@H](Cc1ccc(O)cc1)NC(=O)[C@@H]1CCCN1C(=O)[C@@H](N)CO)C(=O)O. The van der Waals surface area contributed by atoms with Crippen molar-refractivity contribution in [1.29, 1.82) is 0 Å². The van der Waals surface area contributed by atoms with Gasteiger partial charge in [-0.1, -0.05) is 60.7 Å². The molecule has 0 spiro atoms. The minimum atomic E-state index is -1.99. The Hall–Kier alpha value is -10.8. The van der Waals surface area contributed by atoms with E-state index >= 15 is 0 Å². The van der Waals surface area contributed by atoms with Crippen LogP contribution in [0.1, 0.15) is 61.4 Å². The lowest BCUT2D eigenvalue weighted by Gasteiger charge is -2.29. The zero-order chi connectivity index (χ0) is 67.9. The maximum Gasteiger partial charge on any atom is 0.328 e. The first-order chi connectivity index (χ1) is 44.3. The molecule has 0 aliphatic carbocycles. The Morgan fingerprint density at radius 1 is 0.645 bits per heavy atom. The van der Waals surface area contributed by atoms with Crippen LogP contribution in [0.15, 0.2) is 97.6 Å². The van der Waals surface area contributed by atoms with Gasteiger partial charge in [0.25, 0.3) is 0 Å². The van der Waals surface area contributed by atoms with E-state index < -0.39 is 183 Å². The van der Waals surface area contributed by atoms with Crippen LogP contribution in [0.25, 0.3) is 10.9 Å². The van der Waals surface area contributed by atoms with Gasteiger partial charge in [0.15, 0.2) is 6.04 Å². The topological polar surface area (TPSA) is 531 Å². The van der Waals surface area contributed by atoms with Crippen LogP contribution in [0, 0.1) is 0 Å². The highest BCUT2D eigenvalue weighted by Crippen LogP contribution is 2.22. The monoisotopic (exact) mass is 1290 g/mol. The molecule has 10 atom stereocenters. The first-order valence-electron chi connectivity index (χ1n) is 29.4. The van der Waals surface area contributed by atoms with Gasteiger partial charge >= 0.3 is 11.9 Å². The van der Waals surface area contributed by atoms with E-state index in [9.17, 15) is 87.9 Å². The fourth-order valence-corrected chi connectivity index (χ4v) is 10.0. The third kappa shape index (κ3) is 21.7. The Balaban J connectivity index is 1.23. The van der Waals surface area contributed by atoms with Gasteiger partial charge in [-0.15, -0.1) is 0 Å². The number of aromatic amines is 2. The minimum absolute atomic E-state index is 0.108. The summed E-state index contributed by atoms with van der Waals surface area (Å²) in [5.74, 6) is -14.1. The molecule has 498 valence electrons. The number of benzene rings is 3. The van der Waals surface area contributed by atoms with Crippen molar-refractivity contribution >= 4 is 87.8 Å². The molecule has 0 radical (unpaired) electrons. The summed E-state index contributed by atoms with van der Waals surface area (Å²) in [6, 6.07) is 6.69. The molecule has 93 heavy (non-hydrogen) atoms. The molecule has 5 aromatic rings. The number of imidazole rings is 1. The number of carboxylic acid groups (broad SMARTS) is 2. The number of hydrogen-bond acceptors (Lipinski definition) is 18. The summed E-state index contributed by atoms with van der Waals surface area (Å²) in [5.41, 5.74) is 13.4. The number of primary amides is 1. The summed E-state index contributed by atoms with van der Waals surface area (Å²) in [6.07, 6.45) is 0.0542. The van der Waals surface area contributed by atoms with E-state index in [1.165, 1.54) is 41.7 Å². The molecule has 1 saturated heterocycles. The number of fused-ring (bicyclic) bond motifs is 1. The Labute approximate surface area is 530 Å². The lowest BCUT2D eigenvalue weighted by Crippen LogP contribution is -2.61. The second-order valence-electron chi connectivity index (χ2n) is 22.0. The fourth-order valence-electron chi connectivity index (χ4n) is 10.0. The molecule has 3 heterocycles. The largest absolute Gasteiger partial charge is 0.508 e. The molecule has 0 saturated carbocycles. The molecule has 0 unspecified atom stereocenters. The summed E-state index contributed by atoms with van der Waals surface area (Å²) >= 11 is 0. The summed E-state index contributed by atoms with van der Waals surface area (Å²) in [5, 5.41) is 71.1. The van der Waals surface area contributed by atoms with Crippen molar-refractivity contribution in [1.82, 2.24) is 67.7 Å². The van der Waals surface area contributed by atoms with E-state index in [4.69, 9.17) is 11.5 Å². The highest BCUT2D eigenvalue weighted by Gasteiger charge is 2.39. The van der Waals surface area contributed by atoms with Crippen LogP contribution in [-0.4, -0.2) is 209 Å². The number of nitrogens with zero attached hydrogens (tertiary/aromatic N) is 2. The average Bonchev–Trinajstić information content (AvgIpc) is 1.77. The molecule has 2 aromatic heterocycles. The second kappa shape index (κ2) is 34.4. The third-order valence-electron chi connectivity index (χ3n) is 14.9. The number of nitrogens with one attached hydrogen (secondary N) is 11. The van der Waals surface area contributed by atoms with Crippen LogP contribution in [-0.2, 0) is 88.0 Å². The quantitative estimate of drug-likeness (QED) is 0.0181. The summed E-state index contributed by atoms with van der Waals surface area (Å²) in [6.45, 7) is -1.16. The molecule has 33 heteroatoms. The van der Waals surface area contributed by atoms with Crippen molar-refractivity contribution in [3.63, 3.8) is 0 Å². The number of phenols is 1. The van der Waals surface area contributed by atoms with Crippen molar-refractivity contribution in [3.05, 3.63) is 120 Å². The van der Waals surface area contributed by atoms with Gasteiger partial charge in [-0.05, 0) is 61.1 Å². The number of rotatable bonds is 35. The number of hydrogen-bond donors (Lipinski definition) is 18. The number of likely N-dealkylation sites (tertiary alicyclic amines) is 1. The first-order valence-corrected chi connectivity index (χ1v) is 29.4. The van der Waals surface area contributed by atoms with E-state index in [0.717, 1.165) is 6.92 Å². The third-order valence-corrected chi connectivity index (χ3v) is 14.9. The van der Waals surface area contributed by atoms with Gasteiger partial charge in [0.2, 0.25) is 65.0 Å². The van der Waals surface area contributed by atoms with Gasteiger partial charge in [-0.2, -0.15) is 0 Å². The van der Waals surface area contributed by atoms with Crippen molar-refractivity contribution in [2.75, 3.05) is 26.2 Å². The molecule has 6 rings (SSSR count). The minimum Gasteiger partial charge on any atom is -0.508 e. The number of H-pyrrole nitrogens is 2. The normalized spacial score (nSPS) is 15.6. The second-order valence-corrected chi connectivity index (χ2v) is 22.0. The number of carbonyl (C=O) groups excluding carboxylic acids is 11. The maximum atomic E-state index is 14.7. The predicted molar refractivity (Wildman–Crippen MR) is 326 cm³/mol. The van der Waals surface area contributed by atoms with E-state index in [1.807, 2.05) is 5.32 Å². The highest BCUT2D eigenvalue weighted by atomic mass is 16.4. The number of aromatic hydroxyl groups is 1. The first kappa shape index (κ1) is 71.3. The van der Waals surface area contributed by atoms with Gasteiger partial charge in [-0.3, -0.25) is 57.5 Å². The molecule has 3 aromatic carbocycles. The summed E-state index contributed by atoms with van der Waals surface area (Å²) < 4.78 is 0. The van der Waals surface area contributed by atoms with Crippen molar-refractivity contribution in [2.24, 2.45) is 11.5 Å². The van der Waals surface area contributed by atoms with E-state index in [1.54, 1.807) is 60.8 Å². The summed E-state index contributed by atoms with van der Waals surface area (Å²) in [4.78, 5) is 186.